The van der Waals surface area contributed by atoms with Crippen LogP contribution in [0.25, 0.3) is 0 Å². The molecule has 0 aliphatic rings. The maximum atomic E-state index is 7.39. The normalized spacial score (nSPS) is 10.1. The largest absolute Gasteiger partial charge is 0.497 e. The number of hydrogen-bond donors (Lipinski definition) is 1. The summed E-state index contributed by atoms with van der Waals surface area (Å²) < 4.78 is 10.3. The summed E-state index contributed by atoms with van der Waals surface area (Å²) in [6, 6.07) is 3.82. The zero-order chi connectivity index (χ0) is 11.3. The van der Waals surface area contributed by atoms with Gasteiger partial charge in [0.05, 0.1) is 13.7 Å². The summed E-state index contributed by atoms with van der Waals surface area (Å²) in [5.41, 5.74) is 2.91. The lowest BCUT2D eigenvalue weighted by molar-refractivity contribution is 0.184. The molecule has 0 aliphatic heterocycles. The van der Waals surface area contributed by atoms with Gasteiger partial charge in [-0.05, 0) is 23.3 Å². The Morgan fingerprint density at radius 3 is 2.47 bits per heavy atom. The average Bonchev–Trinajstić information content (AvgIpc) is 2.28. The molecule has 1 aromatic carbocycles. The fourth-order valence-electron chi connectivity index (χ4n) is 1.44. The Morgan fingerprint density at radius 1 is 1.33 bits per heavy atom. The lowest BCUT2D eigenvalue weighted by Gasteiger charge is -2.11. The van der Waals surface area contributed by atoms with E-state index in [1.807, 2.05) is 12.1 Å². The zero-order valence-electron chi connectivity index (χ0n) is 8.84. The van der Waals surface area contributed by atoms with Gasteiger partial charge in [-0.15, -0.1) is 0 Å². The molecule has 1 rings (SSSR count). The van der Waals surface area contributed by atoms with Crippen molar-refractivity contribution in [1.29, 1.82) is 5.41 Å². The van der Waals surface area contributed by atoms with Gasteiger partial charge in [-0.2, -0.15) is 0 Å². The molecule has 15 heavy (non-hydrogen) atoms. The summed E-state index contributed by atoms with van der Waals surface area (Å²) in [6.45, 7) is 0.488. The van der Waals surface area contributed by atoms with Gasteiger partial charge in [-0.1, -0.05) is 15.9 Å². The first kappa shape index (κ1) is 12.2. The van der Waals surface area contributed by atoms with Gasteiger partial charge in [0.2, 0.25) is 0 Å². The second-order valence-corrected chi connectivity index (χ2v) is 3.63. The molecule has 1 N–H and O–H groups in total. The molecule has 0 radical (unpaired) electrons. The number of benzene rings is 1. The minimum Gasteiger partial charge on any atom is -0.497 e. The van der Waals surface area contributed by atoms with E-state index in [-0.39, 0.29) is 0 Å². The van der Waals surface area contributed by atoms with Crippen LogP contribution in [0.1, 0.15) is 16.7 Å². The quantitative estimate of drug-likeness (QED) is 0.661. The molecule has 0 saturated carbocycles. The van der Waals surface area contributed by atoms with Crippen molar-refractivity contribution in [3.63, 3.8) is 0 Å². The van der Waals surface area contributed by atoms with Gasteiger partial charge >= 0.3 is 0 Å². The molecule has 0 unspecified atom stereocenters. The number of nitrogens with one attached hydrogen (secondary N) is 1. The van der Waals surface area contributed by atoms with Crippen LogP contribution in [0.3, 0.4) is 0 Å². The van der Waals surface area contributed by atoms with E-state index in [1.54, 1.807) is 14.2 Å². The molecule has 0 fully saturated rings. The van der Waals surface area contributed by atoms with Crippen molar-refractivity contribution in [2.75, 3.05) is 14.2 Å². The molecule has 1 aromatic rings. The summed E-state index contributed by atoms with van der Waals surface area (Å²) in [5.74, 6) is 0.794. The van der Waals surface area contributed by atoms with Crippen molar-refractivity contribution in [3.05, 3.63) is 28.8 Å². The van der Waals surface area contributed by atoms with Gasteiger partial charge in [0, 0.05) is 24.2 Å². The maximum Gasteiger partial charge on any atom is 0.119 e. The fraction of sp³-hybridized carbons (Fsp3) is 0.364. The molecular weight excluding hydrogens is 258 g/mol. The summed E-state index contributed by atoms with van der Waals surface area (Å²) in [7, 11) is 3.27. The highest BCUT2D eigenvalue weighted by Gasteiger charge is 2.08. The van der Waals surface area contributed by atoms with Crippen molar-refractivity contribution in [1.82, 2.24) is 0 Å². The third-order valence-corrected chi connectivity index (χ3v) is 2.75. The van der Waals surface area contributed by atoms with Gasteiger partial charge in [0.1, 0.15) is 5.75 Å². The molecule has 0 spiro atoms. The van der Waals surface area contributed by atoms with Crippen molar-refractivity contribution in [2.24, 2.45) is 0 Å². The van der Waals surface area contributed by atoms with Crippen LogP contribution in [-0.4, -0.2) is 20.4 Å². The number of ether oxygens (including phenoxy) is 2. The van der Waals surface area contributed by atoms with E-state index in [2.05, 4.69) is 15.9 Å². The maximum absolute atomic E-state index is 7.39. The van der Waals surface area contributed by atoms with Gasteiger partial charge in [-0.3, -0.25) is 0 Å². The van der Waals surface area contributed by atoms with Crippen LogP contribution in [0.5, 0.6) is 5.75 Å². The van der Waals surface area contributed by atoms with Crippen LogP contribution in [-0.2, 0) is 16.7 Å². The molecule has 4 heteroatoms. The second-order valence-electron chi connectivity index (χ2n) is 3.07. The monoisotopic (exact) mass is 271 g/mol. The van der Waals surface area contributed by atoms with E-state index in [1.165, 1.54) is 6.21 Å². The van der Waals surface area contributed by atoms with Crippen LogP contribution in [0.4, 0.5) is 0 Å². The Bertz CT molecular complexity index is 353. The van der Waals surface area contributed by atoms with Crippen molar-refractivity contribution in [2.45, 2.75) is 11.9 Å². The highest BCUT2D eigenvalue weighted by atomic mass is 79.9. The lowest BCUT2D eigenvalue weighted by Crippen LogP contribution is -2.00. The van der Waals surface area contributed by atoms with E-state index in [9.17, 15) is 0 Å². The summed E-state index contributed by atoms with van der Waals surface area (Å²) in [6.07, 6.45) is 1.35. The van der Waals surface area contributed by atoms with E-state index in [0.29, 0.717) is 11.9 Å². The van der Waals surface area contributed by atoms with E-state index in [0.717, 1.165) is 22.4 Å². The summed E-state index contributed by atoms with van der Waals surface area (Å²) in [5, 5.41) is 8.09. The molecule has 0 aromatic heterocycles. The first-order valence-corrected chi connectivity index (χ1v) is 5.64. The van der Waals surface area contributed by atoms with Gasteiger partial charge in [0.25, 0.3) is 0 Å². The highest BCUT2D eigenvalue weighted by molar-refractivity contribution is 9.08. The minimum atomic E-state index is 0.488. The number of halogens is 1. The third kappa shape index (κ3) is 2.79. The zero-order valence-corrected chi connectivity index (χ0v) is 10.4. The fourth-order valence-corrected chi connectivity index (χ4v) is 1.90. The molecule has 82 valence electrons. The average molecular weight is 272 g/mol. The van der Waals surface area contributed by atoms with Crippen LogP contribution in [0, 0.1) is 5.41 Å². The molecular formula is C11H14BrNO2. The molecule has 0 atom stereocenters. The van der Waals surface area contributed by atoms with E-state index >= 15 is 0 Å². The Balaban J connectivity index is 3.25. The number of alkyl halides is 1. The predicted molar refractivity (Wildman–Crippen MR) is 64.2 cm³/mol. The topological polar surface area (TPSA) is 42.3 Å². The number of methoxy groups -OCH3 is 2. The number of rotatable bonds is 5. The predicted octanol–water partition coefficient (Wildman–Crippen LogP) is 2.73. The molecule has 0 heterocycles. The van der Waals surface area contributed by atoms with E-state index in [4.69, 9.17) is 14.9 Å². The highest BCUT2D eigenvalue weighted by Crippen LogP contribution is 2.24. The molecule has 3 nitrogen and oxygen atoms in total. The minimum absolute atomic E-state index is 0.488. The number of hydrogen-bond acceptors (Lipinski definition) is 3. The first-order valence-electron chi connectivity index (χ1n) is 4.52. The van der Waals surface area contributed by atoms with Gasteiger partial charge < -0.3 is 14.9 Å². The first-order chi connectivity index (χ1) is 7.26. The Hall–Kier alpha value is -0.870. The molecule has 0 bridgehead atoms. The van der Waals surface area contributed by atoms with Crippen molar-refractivity contribution >= 4 is 22.1 Å². The van der Waals surface area contributed by atoms with Crippen molar-refractivity contribution in [3.8, 4) is 5.75 Å². The molecule has 0 aliphatic carbocycles. The third-order valence-electron chi connectivity index (χ3n) is 2.15. The van der Waals surface area contributed by atoms with Crippen LogP contribution < -0.4 is 4.74 Å². The van der Waals surface area contributed by atoms with Crippen molar-refractivity contribution < 1.29 is 9.47 Å². The Kier molecular flexibility index (Phi) is 4.78. The van der Waals surface area contributed by atoms with Crippen LogP contribution in [0.2, 0.25) is 0 Å². The smallest absolute Gasteiger partial charge is 0.119 e. The summed E-state index contributed by atoms with van der Waals surface area (Å²) >= 11 is 3.40. The lowest BCUT2D eigenvalue weighted by atomic mass is 10.0. The SMILES string of the molecule is COCc1cc(OC)cc(CBr)c1C=N. The molecule has 0 amide bonds. The van der Waals surface area contributed by atoms with Gasteiger partial charge in [0.15, 0.2) is 0 Å². The Labute approximate surface area is 98.0 Å². The van der Waals surface area contributed by atoms with Crippen LogP contribution in [0.15, 0.2) is 12.1 Å². The summed E-state index contributed by atoms with van der Waals surface area (Å²) in [4.78, 5) is 0. The standard InChI is InChI=1S/C11H14BrNO2/c1-14-7-9-4-10(15-2)3-8(5-12)11(9)6-13/h3-4,6,13H,5,7H2,1-2H3. The molecule has 0 saturated heterocycles. The second kappa shape index (κ2) is 5.88. The van der Waals surface area contributed by atoms with Gasteiger partial charge in [-0.25, -0.2) is 0 Å². The van der Waals surface area contributed by atoms with E-state index < -0.39 is 0 Å². The van der Waals surface area contributed by atoms with Crippen LogP contribution >= 0.6 is 15.9 Å². The Morgan fingerprint density at radius 2 is 2.00 bits per heavy atom.